The van der Waals surface area contributed by atoms with Gasteiger partial charge in [-0.25, -0.2) is 13.1 Å². The van der Waals surface area contributed by atoms with Crippen LogP contribution < -0.4 is 9.46 Å². The van der Waals surface area contributed by atoms with Gasteiger partial charge in [0.1, 0.15) is 5.75 Å². The number of hydrogen-bond donors (Lipinski definition) is 1. The average molecular weight is 350 g/mol. The van der Waals surface area contributed by atoms with E-state index >= 15 is 0 Å². The lowest BCUT2D eigenvalue weighted by Crippen LogP contribution is -2.25. The van der Waals surface area contributed by atoms with Crippen molar-refractivity contribution in [3.8, 4) is 5.75 Å². The zero-order chi connectivity index (χ0) is 17.6. The molecule has 0 heterocycles. The predicted octanol–water partition coefficient (Wildman–Crippen LogP) is 2.51. The van der Waals surface area contributed by atoms with Gasteiger partial charge in [0.25, 0.3) is 5.69 Å². The van der Waals surface area contributed by atoms with Gasteiger partial charge in [0.05, 0.1) is 12.0 Å². The number of benzene rings is 2. The van der Waals surface area contributed by atoms with E-state index in [0.717, 1.165) is 11.3 Å². The fourth-order valence-electron chi connectivity index (χ4n) is 2.24. The SMILES string of the molecule is COc1cccc(CCCNS(=O)(=O)c2ccccc2[N+](=O)[O-])c1. The third-order valence-corrected chi connectivity index (χ3v) is 4.93. The predicted molar refractivity (Wildman–Crippen MR) is 89.6 cm³/mol. The Bertz CT molecular complexity index is 821. The van der Waals surface area contributed by atoms with Crippen molar-refractivity contribution in [3.05, 3.63) is 64.2 Å². The van der Waals surface area contributed by atoms with Gasteiger partial charge in [-0.15, -0.1) is 0 Å². The molecule has 0 bridgehead atoms. The number of hydrogen-bond acceptors (Lipinski definition) is 5. The molecule has 2 aromatic carbocycles. The van der Waals surface area contributed by atoms with Crippen LogP contribution in [0.25, 0.3) is 0 Å². The summed E-state index contributed by atoms with van der Waals surface area (Å²) in [5, 5.41) is 10.9. The highest BCUT2D eigenvalue weighted by molar-refractivity contribution is 7.89. The lowest BCUT2D eigenvalue weighted by Gasteiger charge is -2.08. The van der Waals surface area contributed by atoms with Gasteiger partial charge in [0.15, 0.2) is 4.90 Å². The third-order valence-electron chi connectivity index (χ3n) is 3.42. The van der Waals surface area contributed by atoms with Crippen molar-refractivity contribution in [3.63, 3.8) is 0 Å². The third kappa shape index (κ3) is 4.53. The summed E-state index contributed by atoms with van der Waals surface area (Å²) >= 11 is 0. The van der Waals surface area contributed by atoms with E-state index < -0.39 is 20.6 Å². The Morgan fingerprint density at radius 1 is 1.17 bits per heavy atom. The molecule has 0 aromatic heterocycles. The van der Waals surface area contributed by atoms with Crippen LogP contribution in [-0.4, -0.2) is 27.0 Å². The molecule has 0 fully saturated rings. The molecule has 0 unspecified atom stereocenters. The minimum Gasteiger partial charge on any atom is -0.497 e. The van der Waals surface area contributed by atoms with Crippen LogP contribution in [0.3, 0.4) is 0 Å². The molecule has 2 rings (SSSR count). The van der Waals surface area contributed by atoms with Crippen molar-refractivity contribution < 1.29 is 18.1 Å². The first kappa shape index (κ1) is 17.9. The number of nitrogens with zero attached hydrogens (tertiary/aromatic N) is 1. The van der Waals surface area contributed by atoms with Crippen molar-refractivity contribution in [2.45, 2.75) is 17.7 Å². The molecule has 0 aliphatic heterocycles. The summed E-state index contributed by atoms with van der Waals surface area (Å²) in [5.74, 6) is 0.744. The lowest BCUT2D eigenvalue weighted by molar-refractivity contribution is -0.387. The molecular formula is C16H18N2O5S. The number of para-hydroxylation sites is 1. The van der Waals surface area contributed by atoms with Gasteiger partial charge < -0.3 is 4.74 Å². The Morgan fingerprint density at radius 3 is 2.62 bits per heavy atom. The molecule has 7 nitrogen and oxygen atoms in total. The van der Waals surface area contributed by atoms with E-state index in [1.165, 1.54) is 24.3 Å². The van der Waals surface area contributed by atoms with Gasteiger partial charge in [-0.1, -0.05) is 24.3 Å². The van der Waals surface area contributed by atoms with Crippen molar-refractivity contribution >= 4 is 15.7 Å². The lowest BCUT2D eigenvalue weighted by atomic mass is 10.1. The first-order chi connectivity index (χ1) is 11.4. The highest BCUT2D eigenvalue weighted by Gasteiger charge is 2.24. The Kier molecular flexibility index (Phi) is 5.88. The van der Waals surface area contributed by atoms with E-state index in [2.05, 4.69) is 4.72 Å². The van der Waals surface area contributed by atoms with Crippen LogP contribution in [0.2, 0.25) is 0 Å². The second kappa shape index (κ2) is 7.89. The molecule has 0 aliphatic rings. The number of methoxy groups -OCH3 is 1. The van der Waals surface area contributed by atoms with Gasteiger partial charge in [-0.3, -0.25) is 10.1 Å². The molecule has 128 valence electrons. The van der Waals surface area contributed by atoms with E-state index in [1.54, 1.807) is 7.11 Å². The van der Waals surface area contributed by atoms with Crippen molar-refractivity contribution in [2.24, 2.45) is 0 Å². The molecule has 24 heavy (non-hydrogen) atoms. The van der Waals surface area contributed by atoms with E-state index in [-0.39, 0.29) is 11.4 Å². The summed E-state index contributed by atoms with van der Waals surface area (Å²) in [5.41, 5.74) is 0.594. The Morgan fingerprint density at radius 2 is 1.92 bits per heavy atom. The number of nitro groups is 1. The summed E-state index contributed by atoms with van der Waals surface area (Å²) in [6.45, 7) is 0.186. The highest BCUT2D eigenvalue weighted by atomic mass is 32.2. The molecular weight excluding hydrogens is 332 g/mol. The fraction of sp³-hybridized carbons (Fsp3) is 0.250. The molecule has 0 radical (unpaired) electrons. The monoisotopic (exact) mass is 350 g/mol. The molecule has 2 aromatic rings. The quantitative estimate of drug-likeness (QED) is 0.448. The van der Waals surface area contributed by atoms with E-state index in [1.807, 2.05) is 24.3 Å². The van der Waals surface area contributed by atoms with Crippen LogP contribution in [0.1, 0.15) is 12.0 Å². The largest absolute Gasteiger partial charge is 0.497 e. The number of nitro benzene ring substituents is 1. The van der Waals surface area contributed by atoms with E-state index in [0.29, 0.717) is 12.8 Å². The molecule has 0 saturated heterocycles. The molecule has 8 heteroatoms. The van der Waals surface area contributed by atoms with Gasteiger partial charge in [0, 0.05) is 12.6 Å². The number of aryl methyl sites for hydroxylation is 1. The van der Waals surface area contributed by atoms with Crippen LogP contribution in [0.5, 0.6) is 5.75 Å². The standard InChI is InChI=1S/C16H18N2O5S/c1-23-14-8-4-6-13(12-14)7-5-11-17-24(21,22)16-10-3-2-9-15(16)18(19)20/h2-4,6,8-10,12,17H,5,7,11H2,1H3. The minimum absolute atomic E-state index is 0.186. The molecule has 0 spiro atoms. The number of sulfonamides is 1. The Balaban J connectivity index is 1.97. The molecule has 0 amide bonds. The summed E-state index contributed by atoms with van der Waals surface area (Å²) in [6.07, 6.45) is 1.23. The molecule has 0 saturated carbocycles. The molecule has 1 N–H and O–H groups in total. The molecule has 0 aliphatic carbocycles. The summed E-state index contributed by atoms with van der Waals surface area (Å²) in [7, 11) is -2.34. The maximum Gasteiger partial charge on any atom is 0.289 e. The van der Waals surface area contributed by atoms with Gasteiger partial charge >= 0.3 is 0 Å². The summed E-state index contributed by atoms with van der Waals surface area (Å²) < 4.78 is 32.0. The van der Waals surface area contributed by atoms with E-state index in [9.17, 15) is 18.5 Å². The van der Waals surface area contributed by atoms with Crippen molar-refractivity contribution in [1.82, 2.24) is 4.72 Å². The average Bonchev–Trinajstić information content (AvgIpc) is 2.59. The number of rotatable bonds is 8. The van der Waals surface area contributed by atoms with Crippen LogP contribution in [-0.2, 0) is 16.4 Å². The fourth-order valence-corrected chi connectivity index (χ4v) is 3.48. The van der Waals surface area contributed by atoms with Crippen molar-refractivity contribution in [2.75, 3.05) is 13.7 Å². The maximum atomic E-state index is 12.2. The normalized spacial score (nSPS) is 11.2. The summed E-state index contributed by atoms with van der Waals surface area (Å²) in [4.78, 5) is 9.92. The minimum atomic E-state index is -3.92. The van der Waals surface area contributed by atoms with Crippen LogP contribution >= 0.6 is 0 Å². The highest BCUT2D eigenvalue weighted by Crippen LogP contribution is 2.22. The second-order valence-electron chi connectivity index (χ2n) is 5.08. The summed E-state index contributed by atoms with van der Waals surface area (Å²) in [6, 6.07) is 12.8. The zero-order valence-corrected chi connectivity index (χ0v) is 14.0. The Labute approximate surface area is 140 Å². The van der Waals surface area contributed by atoms with Gasteiger partial charge in [-0.2, -0.15) is 0 Å². The van der Waals surface area contributed by atoms with Crippen LogP contribution in [0.15, 0.2) is 53.4 Å². The number of nitrogens with one attached hydrogen (secondary N) is 1. The number of ether oxygens (including phenoxy) is 1. The first-order valence-electron chi connectivity index (χ1n) is 7.30. The van der Waals surface area contributed by atoms with E-state index in [4.69, 9.17) is 4.74 Å². The first-order valence-corrected chi connectivity index (χ1v) is 8.78. The zero-order valence-electron chi connectivity index (χ0n) is 13.1. The van der Waals surface area contributed by atoms with Crippen molar-refractivity contribution in [1.29, 1.82) is 0 Å². The van der Waals surface area contributed by atoms with Gasteiger partial charge in [-0.05, 0) is 36.6 Å². The maximum absolute atomic E-state index is 12.2. The topological polar surface area (TPSA) is 98.5 Å². The van der Waals surface area contributed by atoms with Crippen LogP contribution in [0, 0.1) is 10.1 Å². The van der Waals surface area contributed by atoms with Gasteiger partial charge in [0.2, 0.25) is 10.0 Å². The smallest absolute Gasteiger partial charge is 0.289 e. The Hall–Kier alpha value is -2.45. The molecule has 0 atom stereocenters. The van der Waals surface area contributed by atoms with Crippen LogP contribution in [0.4, 0.5) is 5.69 Å². The second-order valence-corrected chi connectivity index (χ2v) is 6.81.